The normalized spacial score (nSPS) is 19.9. The lowest BCUT2D eigenvalue weighted by Crippen LogP contribution is -2.24. The van der Waals surface area contributed by atoms with E-state index in [9.17, 15) is 4.79 Å². The highest BCUT2D eigenvalue weighted by Crippen LogP contribution is 2.18. The number of hydrogen-bond acceptors (Lipinski definition) is 3. The topological polar surface area (TPSA) is 35.5 Å². The van der Waals surface area contributed by atoms with E-state index in [-0.39, 0.29) is 12.1 Å². The van der Waals surface area contributed by atoms with Gasteiger partial charge in [-0.25, -0.2) is 4.79 Å². The van der Waals surface area contributed by atoms with Crippen LogP contribution in [-0.2, 0) is 14.3 Å². The molecule has 0 saturated heterocycles. The molecule has 1 unspecified atom stereocenters. The SMILES string of the molecule is CCCCOC1CC=CC=C1C(=O)OC. The Balaban J connectivity index is 2.52. The first-order valence-electron chi connectivity index (χ1n) is 5.36. The summed E-state index contributed by atoms with van der Waals surface area (Å²) < 4.78 is 10.3. The van der Waals surface area contributed by atoms with Crippen molar-refractivity contribution in [3.8, 4) is 0 Å². The molecule has 1 atom stereocenters. The number of hydrogen-bond donors (Lipinski definition) is 0. The Kier molecular flexibility index (Phi) is 5.12. The highest BCUT2D eigenvalue weighted by molar-refractivity contribution is 5.90. The highest BCUT2D eigenvalue weighted by Gasteiger charge is 2.22. The lowest BCUT2D eigenvalue weighted by atomic mass is 10.0. The fraction of sp³-hybridized carbons (Fsp3) is 0.583. The summed E-state index contributed by atoms with van der Waals surface area (Å²) in [6.45, 7) is 2.81. The van der Waals surface area contributed by atoms with Crippen LogP contribution in [0.4, 0.5) is 0 Å². The van der Waals surface area contributed by atoms with Crippen LogP contribution >= 0.6 is 0 Å². The lowest BCUT2D eigenvalue weighted by Gasteiger charge is -2.20. The van der Waals surface area contributed by atoms with Crippen LogP contribution in [0.3, 0.4) is 0 Å². The molecule has 0 radical (unpaired) electrons. The second kappa shape index (κ2) is 6.40. The number of methoxy groups -OCH3 is 1. The maximum absolute atomic E-state index is 11.4. The molecule has 0 aromatic heterocycles. The fourth-order valence-corrected chi connectivity index (χ4v) is 1.45. The first kappa shape index (κ1) is 12.0. The van der Waals surface area contributed by atoms with Crippen LogP contribution in [0.25, 0.3) is 0 Å². The molecule has 0 heterocycles. The molecule has 0 spiro atoms. The summed E-state index contributed by atoms with van der Waals surface area (Å²) in [7, 11) is 1.39. The van der Waals surface area contributed by atoms with E-state index in [0.717, 1.165) is 19.3 Å². The van der Waals surface area contributed by atoms with Crippen LogP contribution in [-0.4, -0.2) is 25.8 Å². The highest BCUT2D eigenvalue weighted by atomic mass is 16.5. The van der Waals surface area contributed by atoms with E-state index in [1.165, 1.54) is 7.11 Å². The summed E-state index contributed by atoms with van der Waals surface area (Å²) >= 11 is 0. The number of allylic oxidation sites excluding steroid dienone is 2. The van der Waals surface area contributed by atoms with Crippen molar-refractivity contribution >= 4 is 5.97 Å². The third kappa shape index (κ3) is 3.51. The Labute approximate surface area is 90.8 Å². The van der Waals surface area contributed by atoms with Gasteiger partial charge in [0.1, 0.15) is 0 Å². The van der Waals surface area contributed by atoms with Crippen molar-refractivity contribution in [2.75, 3.05) is 13.7 Å². The average Bonchev–Trinajstić information content (AvgIpc) is 2.29. The van der Waals surface area contributed by atoms with E-state index in [1.807, 2.05) is 12.2 Å². The predicted molar refractivity (Wildman–Crippen MR) is 58.5 cm³/mol. The van der Waals surface area contributed by atoms with Gasteiger partial charge >= 0.3 is 5.97 Å². The molecular formula is C12H18O3. The minimum Gasteiger partial charge on any atom is -0.466 e. The number of rotatable bonds is 5. The number of ether oxygens (including phenoxy) is 2. The van der Waals surface area contributed by atoms with Crippen LogP contribution < -0.4 is 0 Å². The molecule has 1 aliphatic rings. The smallest absolute Gasteiger partial charge is 0.336 e. The fourth-order valence-electron chi connectivity index (χ4n) is 1.45. The van der Waals surface area contributed by atoms with Gasteiger partial charge in [0.05, 0.1) is 18.8 Å². The van der Waals surface area contributed by atoms with Gasteiger partial charge in [-0.3, -0.25) is 0 Å². The minimum atomic E-state index is -0.291. The summed E-state index contributed by atoms with van der Waals surface area (Å²) in [5.41, 5.74) is 0.621. The first-order valence-corrected chi connectivity index (χ1v) is 5.36. The van der Waals surface area contributed by atoms with E-state index >= 15 is 0 Å². The van der Waals surface area contributed by atoms with Gasteiger partial charge in [-0.15, -0.1) is 0 Å². The van der Waals surface area contributed by atoms with E-state index in [1.54, 1.807) is 6.08 Å². The molecule has 0 amide bonds. The Morgan fingerprint density at radius 2 is 2.40 bits per heavy atom. The maximum Gasteiger partial charge on any atom is 0.336 e. The summed E-state index contributed by atoms with van der Waals surface area (Å²) in [5.74, 6) is -0.291. The second-order valence-corrected chi connectivity index (χ2v) is 3.49. The third-order valence-corrected chi connectivity index (χ3v) is 2.35. The molecular weight excluding hydrogens is 192 g/mol. The largest absolute Gasteiger partial charge is 0.466 e. The Hall–Kier alpha value is -1.09. The van der Waals surface area contributed by atoms with Gasteiger partial charge in [-0.05, 0) is 18.9 Å². The van der Waals surface area contributed by atoms with Gasteiger partial charge in [0.2, 0.25) is 0 Å². The summed E-state index contributed by atoms with van der Waals surface area (Å²) in [5, 5.41) is 0. The zero-order valence-corrected chi connectivity index (χ0v) is 9.36. The third-order valence-electron chi connectivity index (χ3n) is 2.35. The van der Waals surface area contributed by atoms with E-state index in [0.29, 0.717) is 12.2 Å². The van der Waals surface area contributed by atoms with Gasteiger partial charge in [0, 0.05) is 6.61 Å². The lowest BCUT2D eigenvalue weighted by molar-refractivity contribution is -0.137. The Morgan fingerprint density at radius 3 is 3.07 bits per heavy atom. The monoisotopic (exact) mass is 210 g/mol. The van der Waals surface area contributed by atoms with E-state index in [2.05, 4.69) is 6.92 Å². The molecule has 0 saturated carbocycles. The molecule has 0 aliphatic heterocycles. The van der Waals surface area contributed by atoms with Crippen molar-refractivity contribution in [3.05, 3.63) is 23.8 Å². The van der Waals surface area contributed by atoms with E-state index in [4.69, 9.17) is 9.47 Å². The number of carbonyl (C=O) groups is 1. The molecule has 15 heavy (non-hydrogen) atoms. The molecule has 1 aliphatic carbocycles. The van der Waals surface area contributed by atoms with Crippen molar-refractivity contribution in [2.24, 2.45) is 0 Å². The van der Waals surface area contributed by atoms with Gasteiger partial charge in [-0.1, -0.05) is 25.5 Å². The molecule has 0 aromatic rings. The molecule has 3 nitrogen and oxygen atoms in total. The van der Waals surface area contributed by atoms with Crippen LogP contribution in [0.2, 0.25) is 0 Å². The number of carbonyl (C=O) groups excluding carboxylic acids is 1. The van der Waals surface area contributed by atoms with Crippen molar-refractivity contribution < 1.29 is 14.3 Å². The zero-order chi connectivity index (χ0) is 11.1. The quantitative estimate of drug-likeness (QED) is 0.515. The van der Waals surface area contributed by atoms with Gasteiger partial charge in [-0.2, -0.15) is 0 Å². The number of unbranched alkanes of at least 4 members (excludes halogenated alkanes) is 1. The first-order chi connectivity index (χ1) is 7.29. The van der Waals surface area contributed by atoms with Crippen LogP contribution in [0, 0.1) is 0 Å². The van der Waals surface area contributed by atoms with Gasteiger partial charge in [0.25, 0.3) is 0 Å². The molecule has 0 aromatic carbocycles. The number of esters is 1. The van der Waals surface area contributed by atoms with Crippen molar-refractivity contribution in [1.82, 2.24) is 0 Å². The standard InChI is InChI=1S/C12H18O3/c1-3-4-9-15-11-8-6-5-7-10(11)12(13)14-2/h5-7,11H,3-4,8-9H2,1-2H3. The van der Waals surface area contributed by atoms with E-state index < -0.39 is 0 Å². The molecule has 0 bridgehead atoms. The summed E-state index contributed by atoms with van der Waals surface area (Å²) in [6.07, 6.45) is 8.38. The Bertz CT molecular complexity index is 266. The summed E-state index contributed by atoms with van der Waals surface area (Å²) in [6, 6.07) is 0. The van der Waals surface area contributed by atoms with Crippen LogP contribution in [0.5, 0.6) is 0 Å². The molecule has 0 fully saturated rings. The van der Waals surface area contributed by atoms with Crippen LogP contribution in [0.15, 0.2) is 23.8 Å². The maximum atomic E-state index is 11.4. The van der Waals surface area contributed by atoms with Crippen molar-refractivity contribution in [2.45, 2.75) is 32.3 Å². The van der Waals surface area contributed by atoms with Crippen LogP contribution in [0.1, 0.15) is 26.2 Å². The summed E-state index contributed by atoms with van der Waals surface area (Å²) in [4.78, 5) is 11.4. The van der Waals surface area contributed by atoms with Gasteiger partial charge < -0.3 is 9.47 Å². The van der Waals surface area contributed by atoms with Crippen molar-refractivity contribution in [1.29, 1.82) is 0 Å². The molecule has 84 valence electrons. The molecule has 0 N–H and O–H groups in total. The average molecular weight is 210 g/mol. The minimum absolute atomic E-state index is 0.131. The molecule has 1 rings (SSSR count). The molecule has 3 heteroatoms. The second-order valence-electron chi connectivity index (χ2n) is 3.49. The van der Waals surface area contributed by atoms with Crippen molar-refractivity contribution in [3.63, 3.8) is 0 Å². The van der Waals surface area contributed by atoms with Gasteiger partial charge in [0.15, 0.2) is 0 Å². The predicted octanol–water partition coefficient (Wildman–Crippen LogP) is 2.23. The Morgan fingerprint density at radius 1 is 1.60 bits per heavy atom. The zero-order valence-electron chi connectivity index (χ0n) is 9.36.